The van der Waals surface area contributed by atoms with Crippen molar-refractivity contribution in [3.63, 3.8) is 0 Å². The molecule has 6 heteroatoms. The molecule has 0 aliphatic rings. The maximum atomic E-state index is 13.0. The van der Waals surface area contributed by atoms with Crippen LogP contribution >= 0.6 is 0 Å². The Morgan fingerprint density at radius 2 is 2.04 bits per heavy atom. The molecule has 0 unspecified atom stereocenters. The molecule has 0 bridgehead atoms. The van der Waals surface area contributed by atoms with Gasteiger partial charge in [0.2, 0.25) is 0 Å². The van der Waals surface area contributed by atoms with E-state index >= 15 is 0 Å². The number of aromatic nitrogens is 4. The zero-order chi connectivity index (χ0) is 25.7. The number of carbonyl (C=O) groups is 1. The van der Waals surface area contributed by atoms with Crippen molar-refractivity contribution in [2.45, 2.75) is 13.3 Å². The van der Waals surface area contributed by atoms with Crippen LogP contribution in [0, 0.1) is 6.92 Å². The van der Waals surface area contributed by atoms with E-state index in [1.807, 2.05) is 36.7 Å². The molecule has 0 aliphatic carbocycles. The Hall–Kier alpha value is -3.54. The molecule has 4 rings (SSSR count). The number of Topliss-reactive ketones (excluding diaryl/α,β-unsaturated/α-hetero) is 1. The average molecular weight is 379 g/mol. The van der Waals surface area contributed by atoms with Gasteiger partial charge in [-0.25, -0.2) is 15.0 Å². The second-order valence-corrected chi connectivity index (χ2v) is 6.22. The maximum Gasteiger partial charge on any atom is 0.170 e. The lowest BCUT2D eigenvalue weighted by molar-refractivity contribution is 0.0991. The van der Waals surface area contributed by atoms with Gasteiger partial charge in [-0.1, -0.05) is 12.1 Å². The number of methoxy groups -OCH3 is 1. The van der Waals surface area contributed by atoms with Gasteiger partial charge in [-0.15, -0.1) is 0 Å². The molecule has 0 N–H and O–H groups in total. The highest BCUT2D eigenvalue weighted by Gasteiger charge is 2.11. The molecule has 6 nitrogen and oxygen atoms in total. The highest BCUT2D eigenvalue weighted by atomic mass is 16.5. The van der Waals surface area contributed by atoms with Gasteiger partial charge in [-0.05, 0) is 37.2 Å². The Kier molecular flexibility index (Phi) is 2.93. The number of ether oxygens (including phenoxy) is 1. The number of aryl methyl sites for hydroxylation is 1. The van der Waals surface area contributed by atoms with Gasteiger partial charge < -0.3 is 9.30 Å². The molecule has 4 aromatic rings. The first-order valence-electron chi connectivity index (χ1n) is 11.9. The molecule has 2 heterocycles. The molecule has 2 aromatic carbocycles. The van der Waals surface area contributed by atoms with E-state index in [0.717, 1.165) is 22.5 Å². The highest BCUT2D eigenvalue weighted by Crippen LogP contribution is 2.24. The summed E-state index contributed by atoms with van der Waals surface area (Å²) in [5, 5.41) is 0.749. The Labute approximate surface area is 172 Å². The summed E-state index contributed by atoms with van der Waals surface area (Å²) >= 11 is 0. The Balaban J connectivity index is 1.69. The van der Waals surface area contributed by atoms with Gasteiger partial charge in [0.15, 0.2) is 5.78 Å². The Bertz CT molecular complexity index is 1450. The van der Waals surface area contributed by atoms with Crippen LogP contribution in [-0.2, 0) is 13.5 Å². The third kappa shape index (κ3) is 3.36. The van der Waals surface area contributed by atoms with Crippen LogP contribution < -0.4 is 4.74 Å². The lowest BCUT2D eigenvalue weighted by atomic mass is 10.1. The number of benzene rings is 2. The minimum atomic E-state index is -2.97. The third-order valence-corrected chi connectivity index (χ3v) is 4.45. The summed E-state index contributed by atoms with van der Waals surface area (Å²) in [6, 6.07) is 2.74. The van der Waals surface area contributed by atoms with E-state index in [9.17, 15) is 4.79 Å². The molecular weight excluding hydrogens is 352 g/mol. The van der Waals surface area contributed by atoms with Crippen LogP contribution in [0.25, 0.3) is 22.2 Å². The van der Waals surface area contributed by atoms with Gasteiger partial charge >= 0.3 is 0 Å². The van der Waals surface area contributed by atoms with E-state index in [-0.39, 0.29) is 12.2 Å². The number of hydrogen-bond acceptors (Lipinski definition) is 5. The summed E-state index contributed by atoms with van der Waals surface area (Å²) in [7, 11) is -1.07. The van der Waals surface area contributed by atoms with Crippen LogP contribution in [0.2, 0.25) is 0 Å². The lowest BCUT2D eigenvalue weighted by Crippen LogP contribution is -2.07. The van der Waals surface area contributed by atoms with Gasteiger partial charge in [0, 0.05) is 29.8 Å². The minimum absolute atomic E-state index is 0.139. The van der Waals surface area contributed by atoms with Crippen molar-refractivity contribution >= 4 is 16.7 Å². The fourth-order valence-corrected chi connectivity index (χ4v) is 2.80. The number of fused-ring (bicyclic) bond motifs is 1. The SMILES string of the molecule is [2H]c1c([2H])c(C(=O)Cc2ncc3ccc(-c4cnc(C)n4C)cc3n2)c([2H])c([2H])c1OC([2H])([2H])[2H]. The zero-order valence-electron chi connectivity index (χ0n) is 22.2. The van der Waals surface area contributed by atoms with Crippen molar-refractivity contribution in [3.05, 3.63) is 72.0 Å². The number of imidazole rings is 1. The first-order valence-corrected chi connectivity index (χ1v) is 8.44. The first kappa shape index (κ1) is 11.3. The van der Waals surface area contributed by atoms with Gasteiger partial charge in [0.05, 0.1) is 40.5 Å². The molecule has 28 heavy (non-hydrogen) atoms. The average Bonchev–Trinajstić information content (AvgIpc) is 3.12. The topological polar surface area (TPSA) is 69.9 Å². The van der Waals surface area contributed by atoms with Crippen molar-refractivity contribution in [3.8, 4) is 17.0 Å². The smallest absolute Gasteiger partial charge is 0.170 e. The lowest BCUT2D eigenvalue weighted by Gasteiger charge is -2.07. The Morgan fingerprint density at radius 3 is 2.75 bits per heavy atom. The van der Waals surface area contributed by atoms with Crippen LogP contribution in [0.1, 0.15) is 31.6 Å². The molecule has 0 aliphatic heterocycles. The van der Waals surface area contributed by atoms with E-state index in [1.165, 1.54) is 0 Å². The van der Waals surface area contributed by atoms with Crippen molar-refractivity contribution < 1.29 is 19.1 Å². The standard InChI is InChI=1S/C22H20N4O2/c1-14-23-13-20(26(14)2)16-4-5-17-12-24-22(25-19(17)10-16)11-21(27)15-6-8-18(28-3)9-7-15/h4-10,12-13H,11H2,1-3H3/i3D3,6D,7D,8D,9D. The Morgan fingerprint density at radius 1 is 1.21 bits per heavy atom. The summed E-state index contributed by atoms with van der Waals surface area (Å²) in [6.45, 7) is 1.89. The van der Waals surface area contributed by atoms with Crippen LogP contribution in [-0.4, -0.2) is 32.3 Å². The van der Waals surface area contributed by atoms with Gasteiger partial charge in [-0.2, -0.15) is 0 Å². The summed E-state index contributed by atoms with van der Waals surface area (Å²) in [5.74, 6) is -0.485. The van der Waals surface area contributed by atoms with E-state index < -0.39 is 48.3 Å². The summed E-state index contributed by atoms with van der Waals surface area (Å²) in [5.41, 5.74) is 1.87. The number of nitrogens with zero attached hydrogens (tertiary/aromatic N) is 4. The van der Waals surface area contributed by atoms with Crippen molar-refractivity contribution in [2.24, 2.45) is 7.05 Å². The second-order valence-electron chi connectivity index (χ2n) is 6.22. The molecule has 0 spiro atoms. The van der Waals surface area contributed by atoms with E-state index in [2.05, 4.69) is 19.7 Å². The van der Waals surface area contributed by atoms with Gasteiger partial charge in [0.1, 0.15) is 17.4 Å². The quantitative estimate of drug-likeness (QED) is 0.494. The molecule has 0 saturated heterocycles. The second kappa shape index (κ2) is 7.23. The van der Waals surface area contributed by atoms with Crippen molar-refractivity contribution in [1.29, 1.82) is 0 Å². The van der Waals surface area contributed by atoms with Crippen molar-refractivity contribution in [1.82, 2.24) is 19.5 Å². The van der Waals surface area contributed by atoms with Gasteiger partial charge in [-0.3, -0.25) is 4.79 Å². The van der Waals surface area contributed by atoms with E-state index in [0.29, 0.717) is 5.52 Å². The predicted octanol–water partition coefficient (Wildman–Crippen LogP) is 3.77. The predicted molar refractivity (Wildman–Crippen MR) is 108 cm³/mol. The normalized spacial score (nSPS) is 15.0. The molecular formula is C22H20N4O2. The molecule has 0 amide bonds. The number of rotatable bonds is 5. The monoisotopic (exact) mass is 379 g/mol. The number of hydrogen-bond donors (Lipinski definition) is 0. The molecule has 2 aromatic heterocycles. The number of ketones is 1. The first-order chi connectivity index (χ1) is 16.4. The largest absolute Gasteiger partial charge is 0.497 e. The molecule has 0 radical (unpaired) electrons. The van der Waals surface area contributed by atoms with Crippen molar-refractivity contribution in [2.75, 3.05) is 7.04 Å². The molecule has 0 fully saturated rings. The zero-order valence-corrected chi connectivity index (χ0v) is 15.2. The highest BCUT2D eigenvalue weighted by molar-refractivity contribution is 5.97. The summed E-state index contributed by atoms with van der Waals surface area (Å²) in [6.07, 6.45) is 2.94. The number of carbonyl (C=O) groups excluding carboxylic acids is 1. The summed E-state index contributed by atoms with van der Waals surface area (Å²) < 4.78 is 60.3. The van der Waals surface area contributed by atoms with Gasteiger partial charge in [0.25, 0.3) is 0 Å². The fourth-order valence-electron chi connectivity index (χ4n) is 2.80. The van der Waals surface area contributed by atoms with Crippen LogP contribution in [0.5, 0.6) is 5.75 Å². The third-order valence-electron chi connectivity index (χ3n) is 4.45. The molecule has 0 atom stereocenters. The maximum absolute atomic E-state index is 13.0. The minimum Gasteiger partial charge on any atom is -0.497 e. The summed E-state index contributed by atoms with van der Waals surface area (Å²) in [4.78, 5) is 25.9. The van der Waals surface area contributed by atoms with Crippen LogP contribution in [0.3, 0.4) is 0 Å². The van der Waals surface area contributed by atoms with E-state index in [4.69, 9.17) is 9.60 Å². The van der Waals surface area contributed by atoms with Crippen LogP contribution in [0.15, 0.2) is 54.8 Å². The molecule has 0 saturated carbocycles. The van der Waals surface area contributed by atoms with Crippen LogP contribution in [0.4, 0.5) is 0 Å². The fraction of sp³-hybridized carbons (Fsp3) is 0.182. The van der Waals surface area contributed by atoms with E-state index in [1.54, 1.807) is 12.4 Å². The molecule has 140 valence electrons.